The predicted octanol–water partition coefficient (Wildman–Crippen LogP) is 0.390. The van der Waals surface area contributed by atoms with Crippen LogP contribution >= 0.6 is 12.6 Å². The molecule has 5 heteroatoms. The first kappa shape index (κ1) is 9.68. The van der Waals surface area contributed by atoms with Crippen molar-refractivity contribution < 1.29 is 4.79 Å². The van der Waals surface area contributed by atoms with Crippen molar-refractivity contribution in [3.63, 3.8) is 0 Å². The average molecular weight is 193 g/mol. The Morgan fingerprint density at radius 1 is 1.69 bits per heavy atom. The van der Waals surface area contributed by atoms with Crippen molar-refractivity contribution in [3.8, 4) is 6.07 Å². The Labute approximate surface area is 81.0 Å². The molecule has 1 aromatic rings. The van der Waals surface area contributed by atoms with Gasteiger partial charge in [0.05, 0.1) is 17.7 Å². The minimum atomic E-state index is -0.0569. The van der Waals surface area contributed by atoms with E-state index in [1.54, 1.807) is 0 Å². The van der Waals surface area contributed by atoms with E-state index in [0.29, 0.717) is 11.3 Å². The zero-order valence-corrected chi connectivity index (χ0v) is 7.66. The molecule has 0 radical (unpaired) electrons. The van der Waals surface area contributed by atoms with E-state index in [-0.39, 0.29) is 18.0 Å². The van der Waals surface area contributed by atoms with E-state index < -0.39 is 0 Å². The number of carbonyl (C=O) groups excluding carboxylic acids is 1. The summed E-state index contributed by atoms with van der Waals surface area (Å²) >= 11 is 3.83. The SMILES string of the molecule is N#Cc1cncnc1CC(=O)CS. The first-order valence-corrected chi connectivity index (χ1v) is 4.22. The van der Waals surface area contributed by atoms with Crippen LogP contribution in [0.1, 0.15) is 11.3 Å². The molecule has 4 nitrogen and oxygen atoms in total. The van der Waals surface area contributed by atoms with Gasteiger partial charge in [-0.25, -0.2) is 9.97 Å². The number of nitriles is 1. The zero-order chi connectivity index (χ0) is 9.68. The van der Waals surface area contributed by atoms with E-state index in [2.05, 4.69) is 22.6 Å². The maximum atomic E-state index is 11.0. The number of Topliss-reactive ketones (excluding diaryl/α,β-unsaturated/α-hetero) is 1. The lowest BCUT2D eigenvalue weighted by atomic mass is 10.1. The molecule has 1 rings (SSSR count). The van der Waals surface area contributed by atoms with Gasteiger partial charge in [-0.15, -0.1) is 0 Å². The van der Waals surface area contributed by atoms with Gasteiger partial charge in [-0.2, -0.15) is 17.9 Å². The van der Waals surface area contributed by atoms with Gasteiger partial charge in [0.2, 0.25) is 0 Å². The summed E-state index contributed by atoms with van der Waals surface area (Å²) in [5.41, 5.74) is 0.814. The molecule has 1 heterocycles. The summed E-state index contributed by atoms with van der Waals surface area (Å²) in [7, 11) is 0. The number of aromatic nitrogens is 2. The van der Waals surface area contributed by atoms with Crippen LogP contribution < -0.4 is 0 Å². The second kappa shape index (κ2) is 4.58. The molecular weight excluding hydrogens is 186 g/mol. The molecule has 0 amide bonds. The van der Waals surface area contributed by atoms with Gasteiger partial charge in [0.25, 0.3) is 0 Å². The van der Waals surface area contributed by atoms with Crippen molar-refractivity contribution in [2.75, 3.05) is 5.75 Å². The number of hydrogen-bond acceptors (Lipinski definition) is 5. The third-order valence-electron chi connectivity index (χ3n) is 1.46. The number of carbonyl (C=O) groups is 1. The fraction of sp³-hybridized carbons (Fsp3) is 0.250. The lowest BCUT2D eigenvalue weighted by Crippen LogP contribution is -2.07. The van der Waals surface area contributed by atoms with Crippen molar-refractivity contribution >= 4 is 18.4 Å². The van der Waals surface area contributed by atoms with Crippen LogP contribution in [-0.2, 0) is 11.2 Å². The number of hydrogen-bond donors (Lipinski definition) is 1. The van der Waals surface area contributed by atoms with Crippen molar-refractivity contribution in [3.05, 3.63) is 23.8 Å². The smallest absolute Gasteiger partial charge is 0.148 e. The van der Waals surface area contributed by atoms with Crippen LogP contribution in [0.3, 0.4) is 0 Å². The molecule has 0 atom stereocenters. The van der Waals surface area contributed by atoms with E-state index in [0.717, 1.165) is 0 Å². The van der Waals surface area contributed by atoms with Gasteiger partial charge in [0.1, 0.15) is 18.2 Å². The maximum absolute atomic E-state index is 11.0. The molecule has 1 aromatic heterocycles. The Balaban J connectivity index is 2.89. The summed E-state index contributed by atoms with van der Waals surface area (Å²) in [6.07, 6.45) is 2.87. The minimum Gasteiger partial charge on any atom is -0.298 e. The van der Waals surface area contributed by atoms with Crippen molar-refractivity contribution in [1.29, 1.82) is 5.26 Å². The van der Waals surface area contributed by atoms with Crippen molar-refractivity contribution in [1.82, 2.24) is 9.97 Å². The molecule has 13 heavy (non-hydrogen) atoms. The Hall–Kier alpha value is -1.41. The van der Waals surface area contributed by atoms with Crippen LogP contribution in [0.15, 0.2) is 12.5 Å². The number of nitrogens with zero attached hydrogens (tertiary/aromatic N) is 3. The zero-order valence-electron chi connectivity index (χ0n) is 6.77. The molecule has 66 valence electrons. The highest BCUT2D eigenvalue weighted by molar-refractivity contribution is 7.81. The van der Waals surface area contributed by atoms with E-state index in [1.807, 2.05) is 6.07 Å². The van der Waals surface area contributed by atoms with Gasteiger partial charge in [0.15, 0.2) is 0 Å². The molecule has 0 aliphatic rings. The largest absolute Gasteiger partial charge is 0.298 e. The van der Waals surface area contributed by atoms with E-state index in [1.165, 1.54) is 12.5 Å². The number of ketones is 1. The highest BCUT2D eigenvalue weighted by Gasteiger charge is 2.07. The Morgan fingerprint density at radius 2 is 2.46 bits per heavy atom. The molecule has 0 bridgehead atoms. The van der Waals surface area contributed by atoms with Gasteiger partial charge in [-0.1, -0.05) is 0 Å². The molecule has 0 aliphatic carbocycles. The van der Waals surface area contributed by atoms with E-state index >= 15 is 0 Å². The van der Waals surface area contributed by atoms with Gasteiger partial charge >= 0.3 is 0 Å². The quantitative estimate of drug-likeness (QED) is 0.705. The summed E-state index contributed by atoms with van der Waals surface area (Å²) in [6, 6.07) is 1.92. The summed E-state index contributed by atoms with van der Waals surface area (Å²) in [4.78, 5) is 18.5. The number of thiol groups is 1. The van der Waals surface area contributed by atoms with Gasteiger partial charge < -0.3 is 0 Å². The van der Waals surface area contributed by atoms with Crippen molar-refractivity contribution in [2.24, 2.45) is 0 Å². The monoisotopic (exact) mass is 193 g/mol. The number of rotatable bonds is 3. The van der Waals surface area contributed by atoms with Crippen LogP contribution in [0.5, 0.6) is 0 Å². The van der Waals surface area contributed by atoms with Gasteiger partial charge in [-0.05, 0) is 0 Å². The lowest BCUT2D eigenvalue weighted by Gasteiger charge is -1.98. The summed E-state index contributed by atoms with van der Waals surface area (Å²) < 4.78 is 0. The maximum Gasteiger partial charge on any atom is 0.148 e. The van der Waals surface area contributed by atoms with Crippen LogP contribution in [-0.4, -0.2) is 21.5 Å². The van der Waals surface area contributed by atoms with Gasteiger partial charge in [0, 0.05) is 11.9 Å². The predicted molar refractivity (Wildman–Crippen MR) is 49.3 cm³/mol. The first-order chi connectivity index (χ1) is 6.27. The van der Waals surface area contributed by atoms with Gasteiger partial charge in [-0.3, -0.25) is 4.79 Å². The highest BCUT2D eigenvalue weighted by atomic mass is 32.1. The summed E-state index contributed by atoms with van der Waals surface area (Å²) in [5, 5.41) is 8.64. The third kappa shape index (κ3) is 2.53. The van der Waals surface area contributed by atoms with Crippen LogP contribution in [0, 0.1) is 11.3 Å². The van der Waals surface area contributed by atoms with Crippen LogP contribution in [0.4, 0.5) is 0 Å². The average Bonchev–Trinajstić information content (AvgIpc) is 2.18. The topological polar surface area (TPSA) is 66.6 Å². The Morgan fingerprint density at radius 3 is 3.08 bits per heavy atom. The molecule has 0 saturated carbocycles. The Bertz CT molecular complexity index is 359. The molecule has 0 aliphatic heterocycles. The van der Waals surface area contributed by atoms with Crippen LogP contribution in [0.25, 0.3) is 0 Å². The minimum absolute atomic E-state index is 0.0569. The molecule has 0 N–H and O–H groups in total. The summed E-state index contributed by atoms with van der Waals surface area (Å²) in [6.45, 7) is 0. The van der Waals surface area contributed by atoms with E-state index in [4.69, 9.17) is 5.26 Å². The fourth-order valence-electron chi connectivity index (χ4n) is 0.832. The normalized spacial score (nSPS) is 9.23. The lowest BCUT2D eigenvalue weighted by molar-refractivity contribution is -0.116. The second-order valence-electron chi connectivity index (χ2n) is 2.37. The molecule has 0 spiro atoms. The third-order valence-corrected chi connectivity index (χ3v) is 1.81. The first-order valence-electron chi connectivity index (χ1n) is 3.59. The summed E-state index contributed by atoms with van der Waals surface area (Å²) in [5.74, 6) is 0.105. The molecular formula is C8H7N3OS. The van der Waals surface area contributed by atoms with Crippen molar-refractivity contribution in [2.45, 2.75) is 6.42 Å². The molecule has 0 fully saturated rings. The molecule has 0 unspecified atom stereocenters. The Kier molecular flexibility index (Phi) is 3.41. The van der Waals surface area contributed by atoms with Crippen LogP contribution in [0.2, 0.25) is 0 Å². The van der Waals surface area contributed by atoms with E-state index in [9.17, 15) is 4.79 Å². The highest BCUT2D eigenvalue weighted by Crippen LogP contribution is 2.03. The fourth-order valence-corrected chi connectivity index (χ4v) is 0.944. The second-order valence-corrected chi connectivity index (χ2v) is 2.68. The molecule has 0 saturated heterocycles. The molecule has 0 aromatic carbocycles. The standard InChI is InChI=1S/C8H7N3OS/c9-2-6-3-10-5-11-8(6)1-7(12)4-13/h3,5,13H,1,4H2.